The minimum absolute atomic E-state index is 0.0241. The summed E-state index contributed by atoms with van der Waals surface area (Å²) < 4.78 is 52.5. The zero-order valence-corrected chi connectivity index (χ0v) is 27.5. The molecular weight excluding hydrogens is 622 g/mol. The number of nitrogens with two attached hydrogens (primary N) is 1. The monoisotopic (exact) mass is 665 g/mol. The molecule has 4 rings (SSSR count). The molecule has 1 atom stereocenters. The van der Waals surface area contributed by atoms with Crippen molar-refractivity contribution < 1.29 is 32.0 Å². The van der Waals surface area contributed by atoms with Crippen LogP contribution in [0.15, 0.2) is 96.1 Å². The second-order valence-corrected chi connectivity index (χ2v) is 12.0. The van der Waals surface area contributed by atoms with Gasteiger partial charge in [0.2, 0.25) is 11.8 Å². The summed E-state index contributed by atoms with van der Waals surface area (Å²) in [6.07, 6.45) is -1.31. The Labute approximate surface area is 279 Å². The molecule has 3 aromatic rings. The first-order valence-electron chi connectivity index (χ1n) is 16.3. The van der Waals surface area contributed by atoms with E-state index in [9.17, 15) is 27.2 Å². The highest BCUT2D eigenvalue weighted by atomic mass is 19.4. The molecule has 1 aliphatic carbocycles. The lowest BCUT2D eigenvalue weighted by Crippen LogP contribution is -2.37. The maximum absolute atomic E-state index is 14.1. The molecule has 0 fully saturated rings. The van der Waals surface area contributed by atoms with Crippen molar-refractivity contribution in [3.05, 3.63) is 119 Å². The Morgan fingerprint density at radius 1 is 0.896 bits per heavy atom. The molecule has 2 amide bonds. The van der Waals surface area contributed by atoms with E-state index in [0.717, 1.165) is 59.5 Å². The summed E-state index contributed by atoms with van der Waals surface area (Å²) in [5.41, 5.74) is 10.3. The number of rotatable bonds is 16. The fourth-order valence-corrected chi connectivity index (χ4v) is 5.94. The second kappa shape index (κ2) is 16.7. The van der Waals surface area contributed by atoms with E-state index in [1.54, 1.807) is 24.3 Å². The van der Waals surface area contributed by atoms with Gasteiger partial charge < -0.3 is 5.73 Å². The molecule has 0 radical (unpaired) electrons. The minimum atomic E-state index is -4.41. The first-order chi connectivity index (χ1) is 22.9. The number of hydroxylamine groups is 2. The van der Waals surface area contributed by atoms with Crippen LogP contribution in [-0.4, -0.2) is 41.6 Å². The molecule has 0 heterocycles. The minimum Gasteiger partial charge on any atom is -0.366 e. The number of allylic oxidation sites excluding steroid dienone is 2. The van der Waals surface area contributed by atoms with Crippen molar-refractivity contribution in [3.63, 3.8) is 0 Å². The Kier molecular flexibility index (Phi) is 12.7. The van der Waals surface area contributed by atoms with Crippen molar-refractivity contribution in [2.45, 2.75) is 65.1 Å². The van der Waals surface area contributed by atoms with Crippen LogP contribution in [0.1, 0.15) is 62.6 Å². The van der Waals surface area contributed by atoms with Crippen molar-refractivity contribution in [1.29, 1.82) is 0 Å². The number of amides is 2. The van der Waals surface area contributed by atoms with Gasteiger partial charge in [-0.15, -0.1) is 0 Å². The molecule has 1 unspecified atom stereocenters. The van der Waals surface area contributed by atoms with Crippen LogP contribution < -0.4 is 5.73 Å². The van der Waals surface area contributed by atoms with E-state index in [1.807, 2.05) is 30.9 Å². The highest BCUT2D eigenvalue weighted by molar-refractivity contribution is 5.93. The molecule has 0 bridgehead atoms. The van der Waals surface area contributed by atoms with Crippen LogP contribution in [0, 0.1) is 11.7 Å². The summed E-state index contributed by atoms with van der Waals surface area (Å²) in [4.78, 5) is 34.6. The highest BCUT2D eigenvalue weighted by Gasteiger charge is 2.31. The molecule has 48 heavy (non-hydrogen) atoms. The van der Waals surface area contributed by atoms with Crippen LogP contribution in [0.2, 0.25) is 0 Å². The number of alkyl halides is 3. The van der Waals surface area contributed by atoms with Gasteiger partial charge in [-0.05, 0) is 91.7 Å². The van der Waals surface area contributed by atoms with E-state index < -0.39 is 23.6 Å². The van der Waals surface area contributed by atoms with Gasteiger partial charge >= 0.3 is 6.18 Å². The average Bonchev–Trinajstić information content (AvgIpc) is 3.57. The molecule has 0 saturated carbocycles. The van der Waals surface area contributed by atoms with Crippen LogP contribution in [-0.2, 0) is 33.6 Å². The van der Waals surface area contributed by atoms with Gasteiger partial charge in [-0.2, -0.15) is 13.2 Å². The van der Waals surface area contributed by atoms with Crippen molar-refractivity contribution >= 4 is 11.8 Å². The Bertz CT molecular complexity index is 1580. The first kappa shape index (κ1) is 36.6. The molecule has 2 N–H and O–H groups in total. The van der Waals surface area contributed by atoms with E-state index in [0.29, 0.717) is 36.8 Å². The lowest BCUT2D eigenvalue weighted by molar-refractivity contribution is -0.206. The molecule has 0 spiro atoms. The van der Waals surface area contributed by atoms with Gasteiger partial charge in [0.05, 0.1) is 12.1 Å². The largest absolute Gasteiger partial charge is 0.416 e. The molecule has 3 aromatic carbocycles. The fourth-order valence-electron chi connectivity index (χ4n) is 5.94. The lowest BCUT2D eigenvalue weighted by Gasteiger charge is -2.29. The number of carbonyl (C=O) groups excluding carboxylic acids is 2. The summed E-state index contributed by atoms with van der Waals surface area (Å²) in [5.74, 6) is -1.52. The number of aryl methyl sites for hydroxylation is 1. The van der Waals surface area contributed by atoms with Gasteiger partial charge in [-0.3, -0.25) is 19.3 Å². The number of hydrogen-bond acceptors (Lipinski definition) is 4. The van der Waals surface area contributed by atoms with E-state index in [4.69, 9.17) is 10.6 Å². The average molecular weight is 666 g/mol. The van der Waals surface area contributed by atoms with Gasteiger partial charge in [0.1, 0.15) is 12.5 Å². The Morgan fingerprint density at radius 2 is 1.48 bits per heavy atom. The van der Waals surface area contributed by atoms with E-state index in [1.165, 1.54) is 29.3 Å². The van der Waals surface area contributed by atoms with Crippen LogP contribution in [0.4, 0.5) is 17.6 Å². The lowest BCUT2D eigenvalue weighted by atomic mass is 9.83. The Balaban J connectivity index is 1.55. The number of benzene rings is 3. The number of nitrogens with zero attached hydrogens (tertiary/aromatic N) is 2. The fraction of sp³-hybridized carbons (Fsp3) is 0.368. The van der Waals surface area contributed by atoms with Crippen molar-refractivity contribution in [3.8, 4) is 11.1 Å². The smallest absolute Gasteiger partial charge is 0.366 e. The van der Waals surface area contributed by atoms with Crippen molar-refractivity contribution in [1.82, 2.24) is 9.96 Å². The predicted octanol–water partition coefficient (Wildman–Crippen LogP) is 8.23. The molecule has 1 aliphatic rings. The zero-order chi connectivity index (χ0) is 34.8. The van der Waals surface area contributed by atoms with Crippen LogP contribution in [0.25, 0.3) is 11.1 Å². The predicted molar refractivity (Wildman–Crippen MR) is 178 cm³/mol. The Hall–Kier alpha value is -4.28. The SMILES string of the molecule is C=C(CCc1ccc(F)cc1)C(CC(=O)N(Cc1ccc(-c2ccc(C(F)(F)F)cc2)cc1)OCN(CC)CC)C1=C(C(N)=O)CCC1. The molecule has 256 valence electrons. The normalized spacial score (nSPS) is 14.0. The second-order valence-electron chi connectivity index (χ2n) is 12.0. The molecule has 10 heteroatoms. The van der Waals surface area contributed by atoms with Gasteiger partial charge in [-0.25, -0.2) is 9.45 Å². The number of carbonyl (C=O) groups is 2. The molecule has 0 saturated heterocycles. The first-order valence-corrected chi connectivity index (χ1v) is 16.3. The number of halogens is 4. The van der Waals surface area contributed by atoms with Crippen LogP contribution >= 0.6 is 0 Å². The summed E-state index contributed by atoms with van der Waals surface area (Å²) in [7, 11) is 0. The maximum atomic E-state index is 14.1. The molecule has 0 aromatic heterocycles. The molecule has 6 nitrogen and oxygen atoms in total. The highest BCUT2D eigenvalue weighted by Crippen LogP contribution is 2.38. The maximum Gasteiger partial charge on any atom is 0.416 e. The zero-order valence-electron chi connectivity index (χ0n) is 27.5. The van der Waals surface area contributed by atoms with Crippen molar-refractivity contribution in [2.24, 2.45) is 11.7 Å². The third-order valence-electron chi connectivity index (χ3n) is 8.89. The molecule has 0 aliphatic heterocycles. The van der Waals surface area contributed by atoms with E-state index >= 15 is 0 Å². The van der Waals surface area contributed by atoms with E-state index in [-0.39, 0.29) is 31.4 Å². The Morgan fingerprint density at radius 3 is 2.04 bits per heavy atom. The molecular formula is C38H43F4N3O3. The summed E-state index contributed by atoms with van der Waals surface area (Å²) in [6.45, 7) is 10.1. The number of primary amides is 1. The van der Waals surface area contributed by atoms with Crippen molar-refractivity contribution in [2.75, 3.05) is 19.8 Å². The van der Waals surface area contributed by atoms with Gasteiger partial charge in [0.15, 0.2) is 0 Å². The number of hydrogen-bond donors (Lipinski definition) is 1. The van der Waals surface area contributed by atoms with Crippen LogP contribution in [0.3, 0.4) is 0 Å². The topological polar surface area (TPSA) is 75.9 Å². The third kappa shape index (κ3) is 9.87. The van der Waals surface area contributed by atoms with E-state index in [2.05, 4.69) is 6.58 Å². The van der Waals surface area contributed by atoms with Gasteiger partial charge in [0.25, 0.3) is 0 Å². The quantitative estimate of drug-likeness (QED) is 0.0724. The summed E-state index contributed by atoms with van der Waals surface area (Å²) in [6, 6.07) is 18.5. The van der Waals surface area contributed by atoms with Gasteiger partial charge in [-0.1, -0.05) is 80.1 Å². The van der Waals surface area contributed by atoms with Gasteiger partial charge in [0, 0.05) is 17.9 Å². The third-order valence-corrected chi connectivity index (χ3v) is 8.89. The summed E-state index contributed by atoms with van der Waals surface area (Å²) >= 11 is 0. The standard InChI is InChI=1S/C38H43F4N3O3/c1-4-44(5-2)25-48-45(24-28-11-15-29(16-12-28)30-17-19-31(20-18-30)38(40,41)42)36(46)23-35(33-7-6-8-34(33)37(43)47)26(3)9-10-27-13-21-32(39)22-14-27/h11-22,35H,3-10,23-25H2,1-2H3,(H2,43,47). The summed E-state index contributed by atoms with van der Waals surface area (Å²) in [5, 5.41) is 1.34. The van der Waals surface area contributed by atoms with Crippen LogP contribution in [0.5, 0.6) is 0 Å².